The third-order valence-corrected chi connectivity index (χ3v) is 8.09. The minimum absolute atomic E-state index is 0.455. The van der Waals surface area contributed by atoms with Crippen LogP contribution in [-0.2, 0) is 16.9 Å². The molecule has 0 atom stereocenters. The standard InChI is InChI=1S/C22H21NO2.C12H23N/c1-17-12-14-18(15-13-17)16-23-22(21(24)25,19-8-4-2-5-9-19)20-10-6-3-7-11-20;1-3-7-11(8-4-1)13-12-9-5-2-6-10-12/h2-15,23H,16H2,1H3,(H,24,25);11-13H,1-10H2. The van der Waals surface area contributed by atoms with Gasteiger partial charge in [-0.05, 0) is 49.3 Å². The van der Waals surface area contributed by atoms with E-state index < -0.39 is 11.5 Å². The van der Waals surface area contributed by atoms with Gasteiger partial charge in [0.05, 0.1) is 0 Å². The van der Waals surface area contributed by atoms with Crippen LogP contribution in [0.25, 0.3) is 0 Å². The summed E-state index contributed by atoms with van der Waals surface area (Å²) in [5, 5.41) is 17.3. The van der Waals surface area contributed by atoms with Crippen LogP contribution in [0, 0.1) is 6.92 Å². The number of carboxylic acid groups (broad SMARTS) is 1. The average Bonchev–Trinajstić information content (AvgIpc) is 2.97. The van der Waals surface area contributed by atoms with Gasteiger partial charge in [0.15, 0.2) is 5.54 Å². The molecule has 2 saturated carbocycles. The lowest BCUT2D eigenvalue weighted by Crippen LogP contribution is -2.49. The lowest BCUT2D eigenvalue weighted by Gasteiger charge is -2.32. The zero-order chi connectivity index (χ0) is 26.6. The van der Waals surface area contributed by atoms with E-state index in [9.17, 15) is 9.90 Å². The molecule has 0 aromatic heterocycles. The summed E-state index contributed by atoms with van der Waals surface area (Å²) in [7, 11) is 0. The molecule has 0 bridgehead atoms. The van der Waals surface area contributed by atoms with Crippen molar-refractivity contribution in [2.24, 2.45) is 0 Å². The quantitative estimate of drug-likeness (QED) is 0.295. The summed E-state index contributed by atoms with van der Waals surface area (Å²) in [6, 6.07) is 28.5. The highest BCUT2D eigenvalue weighted by Gasteiger charge is 2.41. The minimum atomic E-state index is -1.30. The number of carboxylic acids is 1. The van der Waals surface area contributed by atoms with Gasteiger partial charge in [-0.3, -0.25) is 5.32 Å². The first-order valence-electron chi connectivity index (χ1n) is 14.5. The van der Waals surface area contributed by atoms with Crippen LogP contribution in [-0.4, -0.2) is 23.2 Å². The molecular weight excluding hydrogens is 468 g/mol. The van der Waals surface area contributed by atoms with Gasteiger partial charge >= 0.3 is 5.97 Å². The molecule has 0 amide bonds. The molecule has 2 aliphatic carbocycles. The van der Waals surface area contributed by atoms with Crippen molar-refractivity contribution in [2.45, 2.75) is 95.3 Å². The first-order chi connectivity index (χ1) is 18.6. The van der Waals surface area contributed by atoms with E-state index in [4.69, 9.17) is 0 Å². The maximum atomic E-state index is 12.4. The van der Waals surface area contributed by atoms with E-state index in [-0.39, 0.29) is 0 Å². The second-order valence-corrected chi connectivity index (χ2v) is 11.0. The Morgan fingerprint density at radius 2 is 1.16 bits per heavy atom. The molecule has 0 aliphatic heterocycles. The number of nitrogens with one attached hydrogen (secondary N) is 2. The van der Waals surface area contributed by atoms with Crippen LogP contribution in [0.3, 0.4) is 0 Å². The molecule has 38 heavy (non-hydrogen) atoms. The zero-order valence-corrected chi connectivity index (χ0v) is 22.9. The highest BCUT2D eigenvalue weighted by Crippen LogP contribution is 2.31. The Hall–Kier alpha value is -2.95. The molecule has 3 aromatic carbocycles. The monoisotopic (exact) mass is 512 g/mol. The Kier molecular flexibility index (Phi) is 10.5. The summed E-state index contributed by atoms with van der Waals surface area (Å²) < 4.78 is 0. The lowest BCUT2D eigenvalue weighted by atomic mass is 9.82. The van der Waals surface area contributed by atoms with Gasteiger partial charge < -0.3 is 10.4 Å². The average molecular weight is 513 g/mol. The minimum Gasteiger partial charge on any atom is -0.479 e. The van der Waals surface area contributed by atoms with Crippen molar-refractivity contribution in [3.05, 3.63) is 107 Å². The van der Waals surface area contributed by atoms with Crippen molar-refractivity contribution in [1.29, 1.82) is 0 Å². The van der Waals surface area contributed by atoms with E-state index in [0.717, 1.165) is 17.6 Å². The van der Waals surface area contributed by atoms with E-state index >= 15 is 0 Å². The van der Waals surface area contributed by atoms with Crippen molar-refractivity contribution in [3.8, 4) is 0 Å². The van der Waals surface area contributed by atoms with E-state index in [2.05, 4.69) is 10.6 Å². The van der Waals surface area contributed by atoms with E-state index in [0.29, 0.717) is 17.7 Å². The number of aliphatic carboxylic acids is 1. The highest BCUT2D eigenvalue weighted by atomic mass is 16.4. The van der Waals surface area contributed by atoms with Crippen LogP contribution in [0.15, 0.2) is 84.9 Å². The van der Waals surface area contributed by atoms with Gasteiger partial charge in [-0.2, -0.15) is 0 Å². The molecule has 0 spiro atoms. The molecule has 0 radical (unpaired) electrons. The molecule has 202 valence electrons. The van der Waals surface area contributed by atoms with Gasteiger partial charge in [0.25, 0.3) is 0 Å². The normalized spacial score (nSPS) is 16.9. The van der Waals surface area contributed by atoms with E-state index in [1.54, 1.807) is 0 Å². The van der Waals surface area contributed by atoms with E-state index in [1.165, 1.54) is 69.8 Å². The van der Waals surface area contributed by atoms with Crippen LogP contribution in [0.5, 0.6) is 0 Å². The molecule has 3 N–H and O–H groups in total. The lowest BCUT2D eigenvalue weighted by molar-refractivity contribution is -0.143. The fourth-order valence-corrected chi connectivity index (χ4v) is 5.88. The third kappa shape index (κ3) is 7.55. The molecule has 0 saturated heterocycles. The largest absolute Gasteiger partial charge is 0.479 e. The predicted octanol–water partition coefficient (Wildman–Crippen LogP) is 7.35. The number of carbonyl (C=O) groups is 1. The summed E-state index contributed by atoms with van der Waals surface area (Å²) in [4.78, 5) is 12.4. The van der Waals surface area contributed by atoms with Crippen molar-refractivity contribution in [2.75, 3.05) is 0 Å². The van der Waals surface area contributed by atoms with Gasteiger partial charge in [-0.25, -0.2) is 4.79 Å². The van der Waals surface area contributed by atoms with E-state index in [1.807, 2.05) is 91.9 Å². The Bertz CT molecular complexity index is 1030. The first-order valence-corrected chi connectivity index (χ1v) is 14.5. The van der Waals surface area contributed by atoms with Crippen molar-refractivity contribution in [1.82, 2.24) is 10.6 Å². The summed E-state index contributed by atoms with van der Waals surface area (Å²) in [6.45, 7) is 2.49. The van der Waals surface area contributed by atoms with Crippen LogP contribution in [0.4, 0.5) is 0 Å². The highest BCUT2D eigenvalue weighted by molar-refractivity contribution is 5.85. The van der Waals surface area contributed by atoms with Gasteiger partial charge in [-0.15, -0.1) is 0 Å². The molecule has 2 aliphatic rings. The van der Waals surface area contributed by atoms with Crippen molar-refractivity contribution in [3.63, 3.8) is 0 Å². The smallest absolute Gasteiger partial charge is 0.333 e. The Balaban J connectivity index is 0.000000216. The van der Waals surface area contributed by atoms with Crippen LogP contribution < -0.4 is 10.6 Å². The topological polar surface area (TPSA) is 61.4 Å². The van der Waals surface area contributed by atoms with Crippen molar-refractivity contribution < 1.29 is 9.90 Å². The number of aryl methyl sites for hydroxylation is 1. The molecule has 4 nitrogen and oxygen atoms in total. The predicted molar refractivity (Wildman–Crippen MR) is 156 cm³/mol. The molecule has 5 rings (SSSR count). The fraction of sp³-hybridized carbons (Fsp3) is 0.441. The van der Waals surface area contributed by atoms with Gasteiger partial charge in [0, 0.05) is 18.6 Å². The maximum Gasteiger partial charge on any atom is 0.333 e. The number of hydrogen-bond donors (Lipinski definition) is 3. The Labute approximate surface area is 228 Å². The van der Waals surface area contributed by atoms with Crippen LogP contribution in [0.1, 0.15) is 86.5 Å². The molecule has 3 aromatic rings. The number of rotatable bonds is 8. The summed E-state index contributed by atoms with van der Waals surface area (Å²) in [5.74, 6) is -0.919. The van der Waals surface area contributed by atoms with Crippen LogP contribution >= 0.6 is 0 Å². The molecule has 0 unspecified atom stereocenters. The number of hydrogen-bond acceptors (Lipinski definition) is 3. The van der Waals surface area contributed by atoms with Gasteiger partial charge in [-0.1, -0.05) is 129 Å². The molecular formula is C34H44N2O2. The summed E-state index contributed by atoms with van der Waals surface area (Å²) in [6.07, 6.45) is 14.6. The summed E-state index contributed by atoms with van der Waals surface area (Å²) in [5.41, 5.74) is 2.34. The molecule has 0 heterocycles. The van der Waals surface area contributed by atoms with Gasteiger partial charge in [0.2, 0.25) is 0 Å². The van der Waals surface area contributed by atoms with Gasteiger partial charge in [0.1, 0.15) is 0 Å². The zero-order valence-electron chi connectivity index (χ0n) is 22.9. The first kappa shape index (κ1) is 28.1. The maximum absolute atomic E-state index is 12.4. The SMILES string of the molecule is C1CCC(NC2CCCCC2)CC1.Cc1ccc(CNC(C(=O)O)(c2ccccc2)c2ccccc2)cc1. The Morgan fingerprint density at radius 3 is 1.58 bits per heavy atom. The van der Waals surface area contributed by atoms with Crippen molar-refractivity contribution >= 4 is 5.97 Å². The summed E-state index contributed by atoms with van der Waals surface area (Å²) >= 11 is 0. The molecule has 4 heteroatoms. The number of benzene rings is 3. The fourth-order valence-electron chi connectivity index (χ4n) is 5.88. The molecule has 2 fully saturated rings. The Morgan fingerprint density at radius 1 is 0.711 bits per heavy atom. The second kappa shape index (κ2) is 14.3. The van der Waals surface area contributed by atoms with Crippen LogP contribution in [0.2, 0.25) is 0 Å². The second-order valence-electron chi connectivity index (χ2n) is 11.0. The third-order valence-electron chi connectivity index (χ3n) is 8.09.